The zero-order valence-corrected chi connectivity index (χ0v) is 11.7. The smallest absolute Gasteiger partial charge is 0.248 e. The molecule has 0 radical (unpaired) electrons. The highest BCUT2D eigenvalue weighted by atomic mass is 32.2. The van der Waals surface area contributed by atoms with Gasteiger partial charge in [0.15, 0.2) is 9.84 Å². The predicted molar refractivity (Wildman–Crippen MR) is 70.4 cm³/mol. The molecule has 1 aromatic rings. The summed E-state index contributed by atoms with van der Waals surface area (Å²) in [5.41, 5.74) is 1.42. The van der Waals surface area contributed by atoms with E-state index in [1.165, 1.54) is 5.01 Å². The van der Waals surface area contributed by atoms with Gasteiger partial charge in [0, 0.05) is 24.6 Å². The van der Waals surface area contributed by atoms with Gasteiger partial charge in [-0.05, 0) is 0 Å². The second-order valence-electron chi connectivity index (χ2n) is 4.38. The Hall–Kier alpha value is -1.70. The maximum atomic E-state index is 11.8. The van der Waals surface area contributed by atoms with E-state index >= 15 is 0 Å². The van der Waals surface area contributed by atoms with Gasteiger partial charge in [0.1, 0.15) is 0 Å². The van der Waals surface area contributed by atoms with Crippen molar-refractivity contribution in [2.75, 3.05) is 18.1 Å². The third-order valence-electron chi connectivity index (χ3n) is 2.94. The van der Waals surface area contributed by atoms with Gasteiger partial charge in [0.05, 0.1) is 30.6 Å². The van der Waals surface area contributed by atoms with E-state index in [1.54, 1.807) is 31.0 Å². The monoisotopic (exact) mass is 284 g/mol. The third kappa shape index (κ3) is 3.19. The molecule has 1 aliphatic rings. The van der Waals surface area contributed by atoms with Crippen molar-refractivity contribution in [3.05, 3.63) is 18.0 Å². The van der Waals surface area contributed by atoms with Gasteiger partial charge in [0.2, 0.25) is 5.91 Å². The van der Waals surface area contributed by atoms with Crippen molar-refractivity contribution in [2.24, 2.45) is 12.1 Å². The lowest BCUT2D eigenvalue weighted by Crippen LogP contribution is -2.27. The van der Waals surface area contributed by atoms with Crippen molar-refractivity contribution < 1.29 is 13.2 Å². The second kappa shape index (κ2) is 5.12. The molecule has 0 aliphatic carbocycles. The number of hydrazone groups is 1. The number of aromatic nitrogens is 2. The second-order valence-corrected chi connectivity index (χ2v) is 6.85. The van der Waals surface area contributed by atoms with Crippen LogP contribution < -0.4 is 0 Å². The lowest BCUT2D eigenvalue weighted by molar-refractivity contribution is -0.128. The number of amides is 1. The minimum Gasteiger partial charge on any atom is -0.275 e. The Kier molecular flexibility index (Phi) is 3.70. The summed E-state index contributed by atoms with van der Waals surface area (Å²) in [5.74, 6) is -0.155. The van der Waals surface area contributed by atoms with Crippen molar-refractivity contribution >= 4 is 21.5 Å². The first-order chi connectivity index (χ1) is 8.91. The quantitative estimate of drug-likeness (QED) is 0.749. The van der Waals surface area contributed by atoms with Crippen molar-refractivity contribution in [1.29, 1.82) is 0 Å². The number of sulfone groups is 1. The van der Waals surface area contributed by atoms with Gasteiger partial charge in [-0.15, -0.1) is 0 Å². The fraction of sp³-hybridized carbons (Fsp3) is 0.545. The van der Waals surface area contributed by atoms with E-state index in [9.17, 15) is 13.2 Å². The molecule has 0 fully saturated rings. The third-order valence-corrected chi connectivity index (χ3v) is 4.62. The molecule has 0 bridgehead atoms. The average molecular weight is 284 g/mol. The summed E-state index contributed by atoms with van der Waals surface area (Å²) in [5, 5.41) is 9.42. The SMILES string of the molecule is CCS(=O)(=O)CCN1N=C(c2cnn(C)c2)CC1=O. The maximum absolute atomic E-state index is 11.8. The van der Waals surface area contributed by atoms with E-state index in [0.29, 0.717) is 5.71 Å². The number of aryl methyl sites for hydroxylation is 1. The molecule has 2 rings (SSSR count). The Labute approximate surface area is 111 Å². The Bertz CT molecular complexity index is 618. The number of rotatable bonds is 5. The van der Waals surface area contributed by atoms with Crippen LogP contribution in [0.2, 0.25) is 0 Å². The van der Waals surface area contributed by atoms with E-state index < -0.39 is 9.84 Å². The molecule has 104 valence electrons. The number of carbonyl (C=O) groups excluding carboxylic acids is 1. The predicted octanol–water partition coefficient (Wildman–Crippen LogP) is -0.209. The Morgan fingerprint density at radius 1 is 1.42 bits per heavy atom. The van der Waals surface area contributed by atoms with Gasteiger partial charge in [-0.2, -0.15) is 10.2 Å². The van der Waals surface area contributed by atoms with Gasteiger partial charge in [-0.25, -0.2) is 13.4 Å². The molecule has 1 aliphatic heterocycles. The molecule has 0 N–H and O–H groups in total. The van der Waals surface area contributed by atoms with E-state index in [-0.39, 0.29) is 30.4 Å². The highest BCUT2D eigenvalue weighted by molar-refractivity contribution is 7.91. The molecule has 0 spiro atoms. The average Bonchev–Trinajstić information content (AvgIpc) is 2.93. The Morgan fingerprint density at radius 2 is 2.16 bits per heavy atom. The highest BCUT2D eigenvalue weighted by Crippen LogP contribution is 2.14. The lowest BCUT2D eigenvalue weighted by atomic mass is 10.2. The van der Waals surface area contributed by atoms with Crippen LogP contribution in [-0.4, -0.2) is 52.9 Å². The molecular weight excluding hydrogens is 268 g/mol. The zero-order chi connectivity index (χ0) is 14.0. The highest BCUT2D eigenvalue weighted by Gasteiger charge is 2.26. The summed E-state index contributed by atoms with van der Waals surface area (Å²) in [6.07, 6.45) is 3.61. The molecular formula is C11H16N4O3S. The van der Waals surface area contributed by atoms with Crippen molar-refractivity contribution in [3.8, 4) is 0 Å². The standard InChI is InChI=1S/C11H16N4O3S/c1-3-19(17,18)5-4-15-11(16)6-10(13-15)9-7-12-14(2)8-9/h7-8H,3-6H2,1-2H3. The summed E-state index contributed by atoms with van der Waals surface area (Å²) < 4.78 is 24.5. The molecule has 0 aromatic carbocycles. The van der Waals surface area contributed by atoms with Crippen molar-refractivity contribution in [1.82, 2.24) is 14.8 Å². The molecule has 2 heterocycles. The van der Waals surface area contributed by atoms with E-state index in [0.717, 1.165) is 5.56 Å². The minimum atomic E-state index is -3.09. The molecule has 0 atom stereocenters. The van der Waals surface area contributed by atoms with Crippen LogP contribution in [0.4, 0.5) is 0 Å². The van der Waals surface area contributed by atoms with Crippen molar-refractivity contribution in [2.45, 2.75) is 13.3 Å². The minimum absolute atomic E-state index is 0.0565. The van der Waals surface area contributed by atoms with Crippen LogP contribution in [0.1, 0.15) is 18.9 Å². The van der Waals surface area contributed by atoms with Crippen LogP contribution in [0.25, 0.3) is 0 Å². The molecule has 0 saturated carbocycles. The topological polar surface area (TPSA) is 84.6 Å². The van der Waals surface area contributed by atoms with Gasteiger partial charge in [0.25, 0.3) is 0 Å². The maximum Gasteiger partial charge on any atom is 0.248 e. The molecule has 1 amide bonds. The van der Waals surface area contributed by atoms with E-state index in [1.807, 2.05) is 0 Å². The molecule has 8 heteroatoms. The number of carbonyl (C=O) groups is 1. The lowest BCUT2D eigenvalue weighted by Gasteiger charge is -2.10. The van der Waals surface area contributed by atoms with Gasteiger partial charge in [-0.3, -0.25) is 9.48 Å². The van der Waals surface area contributed by atoms with Crippen LogP contribution in [-0.2, 0) is 21.7 Å². The van der Waals surface area contributed by atoms with Gasteiger partial charge in [-0.1, -0.05) is 6.92 Å². The molecule has 7 nitrogen and oxygen atoms in total. The fourth-order valence-corrected chi connectivity index (χ4v) is 2.49. The van der Waals surface area contributed by atoms with Crippen LogP contribution >= 0.6 is 0 Å². The molecule has 0 unspecified atom stereocenters. The number of hydrogen-bond donors (Lipinski definition) is 0. The number of nitrogens with zero attached hydrogens (tertiary/aromatic N) is 4. The number of hydrogen-bond acceptors (Lipinski definition) is 5. The van der Waals surface area contributed by atoms with Gasteiger partial charge < -0.3 is 0 Å². The van der Waals surface area contributed by atoms with Crippen LogP contribution in [0.5, 0.6) is 0 Å². The zero-order valence-electron chi connectivity index (χ0n) is 10.9. The van der Waals surface area contributed by atoms with Crippen LogP contribution in [0, 0.1) is 0 Å². The Balaban J connectivity index is 2.07. The Morgan fingerprint density at radius 3 is 2.74 bits per heavy atom. The molecule has 0 saturated heterocycles. The van der Waals surface area contributed by atoms with Crippen molar-refractivity contribution in [3.63, 3.8) is 0 Å². The first-order valence-electron chi connectivity index (χ1n) is 5.98. The van der Waals surface area contributed by atoms with E-state index in [4.69, 9.17) is 0 Å². The summed E-state index contributed by atoms with van der Waals surface area (Å²) >= 11 is 0. The van der Waals surface area contributed by atoms with Crippen LogP contribution in [0.3, 0.4) is 0 Å². The molecule has 1 aromatic heterocycles. The normalized spacial score (nSPS) is 16.0. The summed E-state index contributed by atoms with van der Waals surface area (Å²) in [6, 6.07) is 0. The summed E-state index contributed by atoms with van der Waals surface area (Å²) in [4.78, 5) is 11.8. The van der Waals surface area contributed by atoms with E-state index in [2.05, 4.69) is 10.2 Å². The summed E-state index contributed by atoms with van der Waals surface area (Å²) in [6.45, 7) is 1.70. The largest absolute Gasteiger partial charge is 0.275 e. The molecule has 19 heavy (non-hydrogen) atoms. The fourth-order valence-electron chi connectivity index (χ4n) is 1.75. The van der Waals surface area contributed by atoms with Crippen LogP contribution in [0.15, 0.2) is 17.5 Å². The summed E-state index contributed by atoms with van der Waals surface area (Å²) in [7, 11) is -1.30. The van der Waals surface area contributed by atoms with Gasteiger partial charge >= 0.3 is 0 Å². The first kappa shape index (κ1) is 13.7. The first-order valence-corrected chi connectivity index (χ1v) is 7.80.